The largest absolute Gasteiger partial charge is 0.497 e. The molecule has 0 saturated carbocycles. The molecular formula is C29H34N4O6S. The normalized spacial score (nSPS) is 14.8. The maximum atomic E-state index is 12.9. The summed E-state index contributed by atoms with van der Waals surface area (Å²) in [5, 5.41) is 7.73. The summed E-state index contributed by atoms with van der Waals surface area (Å²) in [6, 6.07) is 10.6. The summed E-state index contributed by atoms with van der Waals surface area (Å²) in [4.78, 5) is 33.6. The van der Waals surface area contributed by atoms with E-state index in [-0.39, 0.29) is 18.3 Å². The minimum Gasteiger partial charge on any atom is -0.497 e. The first-order valence-electron chi connectivity index (χ1n) is 12.9. The molecule has 0 radical (unpaired) electrons. The first-order valence-corrected chi connectivity index (χ1v) is 13.8. The molecule has 1 unspecified atom stereocenters. The van der Waals surface area contributed by atoms with Gasteiger partial charge in [-0.25, -0.2) is 9.79 Å². The lowest BCUT2D eigenvalue weighted by molar-refractivity contribution is -0.139. The smallest absolute Gasteiger partial charge is 0.338 e. The molecule has 40 heavy (non-hydrogen) atoms. The van der Waals surface area contributed by atoms with E-state index in [2.05, 4.69) is 15.6 Å². The van der Waals surface area contributed by atoms with E-state index in [9.17, 15) is 9.59 Å². The van der Waals surface area contributed by atoms with Crippen molar-refractivity contribution in [3.8, 4) is 17.2 Å². The van der Waals surface area contributed by atoms with E-state index in [4.69, 9.17) is 23.9 Å². The molecule has 11 heteroatoms. The number of carbonyl (C=O) groups excluding carboxylic acids is 2. The van der Waals surface area contributed by atoms with Crippen molar-refractivity contribution in [3.05, 3.63) is 65.0 Å². The van der Waals surface area contributed by atoms with Crippen LogP contribution in [0.4, 0.5) is 0 Å². The second-order valence-electron chi connectivity index (χ2n) is 8.98. The zero-order chi connectivity index (χ0) is 28.6. The number of aliphatic imine (C=N–C) groups is 1. The van der Waals surface area contributed by atoms with Gasteiger partial charge >= 0.3 is 5.97 Å². The molecule has 1 amide bonds. The summed E-state index contributed by atoms with van der Waals surface area (Å²) >= 11 is 1.27. The van der Waals surface area contributed by atoms with Gasteiger partial charge in [0.25, 0.3) is 0 Å². The highest BCUT2D eigenvalue weighted by Crippen LogP contribution is 2.36. The summed E-state index contributed by atoms with van der Waals surface area (Å²) in [6.07, 6.45) is 2.63. The van der Waals surface area contributed by atoms with Crippen LogP contribution in [0.1, 0.15) is 31.0 Å². The van der Waals surface area contributed by atoms with Crippen LogP contribution in [-0.4, -0.2) is 62.3 Å². The minimum absolute atomic E-state index is 0.121. The Kier molecular flexibility index (Phi) is 9.60. The van der Waals surface area contributed by atoms with Crippen molar-refractivity contribution in [1.29, 1.82) is 0 Å². The number of ether oxygens (including phenoxy) is 4. The highest BCUT2D eigenvalue weighted by atomic mass is 32.2. The van der Waals surface area contributed by atoms with Gasteiger partial charge in [-0.1, -0.05) is 11.8 Å². The molecule has 10 nitrogen and oxygen atoms in total. The van der Waals surface area contributed by atoms with Gasteiger partial charge in [0.1, 0.15) is 23.3 Å². The Hall–Kier alpha value is -4.12. The van der Waals surface area contributed by atoms with Gasteiger partial charge in [-0.15, -0.1) is 0 Å². The molecule has 212 valence electrons. The van der Waals surface area contributed by atoms with E-state index >= 15 is 0 Å². The SMILES string of the molecule is CCOC(=O)C1=C(C)NC(SCC(=O)NCCc2c[nH]c3ccc(OC)cc23)=NC1c1cc(OC)cc(OC)c1. The Balaban J connectivity index is 1.43. The predicted octanol–water partition coefficient (Wildman–Crippen LogP) is 4.12. The van der Waals surface area contributed by atoms with Crippen LogP contribution in [0.5, 0.6) is 17.2 Å². The van der Waals surface area contributed by atoms with E-state index in [0.717, 1.165) is 22.2 Å². The molecule has 1 aliphatic heterocycles. The lowest BCUT2D eigenvalue weighted by Gasteiger charge is -2.26. The van der Waals surface area contributed by atoms with E-state index in [1.807, 2.05) is 36.5 Å². The van der Waals surface area contributed by atoms with Crippen molar-refractivity contribution < 1.29 is 28.5 Å². The van der Waals surface area contributed by atoms with Crippen LogP contribution in [-0.2, 0) is 20.7 Å². The summed E-state index contributed by atoms with van der Waals surface area (Å²) in [5.41, 5.74) is 3.83. The molecule has 1 aliphatic rings. The van der Waals surface area contributed by atoms with Gasteiger partial charge in [0, 0.05) is 35.4 Å². The standard InChI is InChI=1S/C29H34N4O6S/c1-6-39-28(35)26-17(2)32-29(33-27(26)19-11-21(37-4)13-22(12-19)38-5)40-16-25(34)30-10-9-18-15-31-24-8-7-20(36-3)14-23(18)24/h7-8,11-15,27,31H,6,9-10,16H2,1-5H3,(H,30,34)(H,32,33). The summed E-state index contributed by atoms with van der Waals surface area (Å²) in [5.74, 6) is 1.51. The van der Waals surface area contributed by atoms with Crippen molar-refractivity contribution in [2.24, 2.45) is 4.99 Å². The number of fused-ring (bicyclic) bond motifs is 1. The molecule has 0 saturated heterocycles. The molecule has 3 N–H and O–H groups in total. The van der Waals surface area contributed by atoms with Crippen LogP contribution < -0.4 is 24.8 Å². The fraction of sp³-hybridized carbons (Fsp3) is 0.345. The third-order valence-corrected chi connectivity index (χ3v) is 7.32. The molecule has 0 spiro atoms. The lowest BCUT2D eigenvalue weighted by Crippen LogP contribution is -2.33. The number of amides is 1. The van der Waals surface area contributed by atoms with Crippen molar-refractivity contribution in [3.63, 3.8) is 0 Å². The average molecular weight is 567 g/mol. The third kappa shape index (κ3) is 6.71. The highest BCUT2D eigenvalue weighted by molar-refractivity contribution is 8.14. The van der Waals surface area contributed by atoms with Gasteiger partial charge < -0.3 is 34.6 Å². The number of aromatic amines is 1. The number of esters is 1. The van der Waals surface area contributed by atoms with Crippen molar-refractivity contribution in [2.75, 3.05) is 40.2 Å². The Morgan fingerprint density at radius 1 is 1.02 bits per heavy atom. The molecule has 2 heterocycles. The molecular weight excluding hydrogens is 532 g/mol. The number of benzene rings is 2. The van der Waals surface area contributed by atoms with Crippen LogP contribution in [0.3, 0.4) is 0 Å². The van der Waals surface area contributed by atoms with Crippen molar-refractivity contribution in [1.82, 2.24) is 15.6 Å². The highest BCUT2D eigenvalue weighted by Gasteiger charge is 2.31. The summed E-state index contributed by atoms with van der Waals surface area (Å²) in [6.45, 7) is 4.28. The second-order valence-corrected chi connectivity index (χ2v) is 9.95. The van der Waals surface area contributed by atoms with E-state index in [1.165, 1.54) is 11.8 Å². The molecule has 0 aliphatic carbocycles. The first-order chi connectivity index (χ1) is 19.4. The quantitative estimate of drug-likeness (QED) is 0.296. The Morgan fingerprint density at radius 3 is 2.42 bits per heavy atom. The number of amidine groups is 1. The number of rotatable bonds is 11. The third-order valence-electron chi connectivity index (χ3n) is 6.43. The Labute approximate surface area is 237 Å². The van der Waals surface area contributed by atoms with Crippen molar-refractivity contribution >= 4 is 39.7 Å². The topological polar surface area (TPSA) is 123 Å². The minimum atomic E-state index is -0.659. The van der Waals surface area contributed by atoms with Crippen LogP contribution in [0, 0.1) is 0 Å². The Morgan fingerprint density at radius 2 is 1.75 bits per heavy atom. The maximum absolute atomic E-state index is 12.9. The predicted molar refractivity (Wildman–Crippen MR) is 156 cm³/mol. The number of H-pyrrole nitrogens is 1. The molecule has 0 fully saturated rings. The summed E-state index contributed by atoms with van der Waals surface area (Å²) in [7, 11) is 4.77. The number of nitrogens with zero attached hydrogens (tertiary/aromatic N) is 1. The number of aromatic nitrogens is 1. The van der Waals surface area contributed by atoms with Gasteiger partial charge in [-0.05, 0) is 61.7 Å². The zero-order valence-electron chi connectivity index (χ0n) is 23.3. The lowest BCUT2D eigenvalue weighted by atomic mass is 9.96. The van der Waals surface area contributed by atoms with E-state index < -0.39 is 12.0 Å². The van der Waals surface area contributed by atoms with Gasteiger partial charge in [-0.3, -0.25) is 4.79 Å². The zero-order valence-corrected chi connectivity index (χ0v) is 24.1. The molecule has 1 aromatic heterocycles. The van der Waals surface area contributed by atoms with Crippen molar-refractivity contribution in [2.45, 2.75) is 26.3 Å². The van der Waals surface area contributed by atoms with Crippen LogP contribution in [0.15, 0.2) is 58.9 Å². The maximum Gasteiger partial charge on any atom is 0.338 e. The van der Waals surface area contributed by atoms with E-state index in [1.54, 1.807) is 41.2 Å². The number of thioether (sulfide) groups is 1. The second kappa shape index (κ2) is 13.3. The number of methoxy groups -OCH3 is 3. The summed E-state index contributed by atoms with van der Waals surface area (Å²) < 4.78 is 21.5. The number of nitrogens with one attached hydrogen (secondary N) is 3. The monoisotopic (exact) mass is 566 g/mol. The number of carbonyl (C=O) groups is 2. The van der Waals surface area contributed by atoms with Gasteiger partial charge in [-0.2, -0.15) is 0 Å². The fourth-order valence-corrected chi connectivity index (χ4v) is 5.21. The molecule has 3 aromatic rings. The van der Waals surface area contributed by atoms with Gasteiger partial charge in [0.15, 0.2) is 5.17 Å². The van der Waals surface area contributed by atoms with Crippen LogP contribution in [0.25, 0.3) is 10.9 Å². The Bertz CT molecular complexity index is 1430. The fourth-order valence-electron chi connectivity index (χ4n) is 4.44. The van der Waals surface area contributed by atoms with Crippen LogP contribution >= 0.6 is 11.8 Å². The molecule has 2 aromatic carbocycles. The number of hydrogen-bond donors (Lipinski definition) is 3. The average Bonchev–Trinajstić information content (AvgIpc) is 3.37. The van der Waals surface area contributed by atoms with E-state index in [0.29, 0.717) is 46.5 Å². The van der Waals surface area contributed by atoms with Gasteiger partial charge in [0.05, 0.1) is 39.3 Å². The first kappa shape index (κ1) is 28.9. The molecule has 1 atom stereocenters. The molecule has 0 bridgehead atoms. The number of allylic oxidation sites excluding steroid dienone is 1. The number of hydrogen-bond acceptors (Lipinski definition) is 9. The molecule has 4 rings (SSSR count). The van der Waals surface area contributed by atoms with Crippen LogP contribution in [0.2, 0.25) is 0 Å². The van der Waals surface area contributed by atoms with Gasteiger partial charge in [0.2, 0.25) is 5.91 Å².